The van der Waals surface area contributed by atoms with Gasteiger partial charge >= 0.3 is 0 Å². The van der Waals surface area contributed by atoms with Gasteiger partial charge in [-0.2, -0.15) is 0 Å². The maximum atomic E-state index is 12.3. The van der Waals surface area contributed by atoms with E-state index < -0.39 is 0 Å². The third-order valence-electron chi connectivity index (χ3n) is 3.88. The van der Waals surface area contributed by atoms with Crippen molar-refractivity contribution in [3.8, 4) is 0 Å². The zero-order valence-electron chi connectivity index (χ0n) is 10.6. The second-order valence-electron chi connectivity index (χ2n) is 5.37. The Hall–Kier alpha value is -1.06. The lowest BCUT2D eigenvalue weighted by Crippen LogP contribution is -2.49. The number of carbonyl (C=O) groups excluding carboxylic acids is 2. The molecule has 17 heavy (non-hydrogen) atoms. The molecule has 0 aromatic heterocycles. The number of hydrogen-bond acceptors (Lipinski definition) is 2. The Morgan fingerprint density at radius 2 is 1.94 bits per heavy atom. The molecular formula is C13H22N2O2. The molecule has 0 aromatic rings. The lowest BCUT2D eigenvalue weighted by atomic mass is 9.98. The van der Waals surface area contributed by atoms with E-state index in [4.69, 9.17) is 0 Å². The van der Waals surface area contributed by atoms with E-state index in [0.29, 0.717) is 6.42 Å². The summed E-state index contributed by atoms with van der Waals surface area (Å²) in [4.78, 5) is 25.6. The minimum Gasteiger partial charge on any atom is -0.344 e. The van der Waals surface area contributed by atoms with Gasteiger partial charge in [0.15, 0.2) is 0 Å². The average Bonchev–Trinajstić information content (AvgIpc) is 2.54. The highest BCUT2D eigenvalue weighted by Crippen LogP contribution is 2.18. The topological polar surface area (TPSA) is 49.4 Å². The maximum Gasteiger partial charge on any atom is 0.245 e. The summed E-state index contributed by atoms with van der Waals surface area (Å²) in [6.45, 7) is 3.94. The lowest BCUT2D eigenvalue weighted by Gasteiger charge is -2.32. The summed E-state index contributed by atoms with van der Waals surface area (Å²) in [7, 11) is 0. The van der Waals surface area contributed by atoms with Crippen molar-refractivity contribution in [2.24, 2.45) is 5.92 Å². The molecule has 4 nitrogen and oxygen atoms in total. The molecule has 0 aromatic carbocycles. The summed E-state index contributed by atoms with van der Waals surface area (Å²) in [6, 6.07) is -0.265. The number of amides is 2. The van der Waals surface area contributed by atoms with E-state index in [1.165, 1.54) is 0 Å². The van der Waals surface area contributed by atoms with Crippen LogP contribution in [0, 0.1) is 5.92 Å². The van der Waals surface area contributed by atoms with Crippen LogP contribution in [-0.2, 0) is 9.59 Å². The predicted octanol–water partition coefficient (Wildman–Crippen LogP) is 1.30. The van der Waals surface area contributed by atoms with E-state index in [0.717, 1.165) is 51.1 Å². The molecule has 0 aliphatic carbocycles. The fourth-order valence-electron chi connectivity index (χ4n) is 2.61. The first-order valence-electron chi connectivity index (χ1n) is 6.75. The van der Waals surface area contributed by atoms with Crippen LogP contribution in [0.3, 0.4) is 0 Å². The van der Waals surface area contributed by atoms with E-state index in [1.807, 2.05) is 4.90 Å². The maximum absolute atomic E-state index is 12.3. The molecule has 96 valence electrons. The van der Waals surface area contributed by atoms with E-state index >= 15 is 0 Å². The number of nitrogens with zero attached hydrogens (tertiary/aromatic N) is 1. The van der Waals surface area contributed by atoms with Crippen LogP contribution in [0.5, 0.6) is 0 Å². The van der Waals surface area contributed by atoms with Crippen molar-refractivity contribution in [2.75, 3.05) is 13.1 Å². The van der Waals surface area contributed by atoms with Crippen LogP contribution in [0.15, 0.2) is 0 Å². The van der Waals surface area contributed by atoms with Crippen LogP contribution in [0.4, 0.5) is 0 Å². The number of piperidine rings is 1. The normalized spacial score (nSPS) is 27.5. The molecule has 0 radical (unpaired) electrons. The van der Waals surface area contributed by atoms with Crippen LogP contribution >= 0.6 is 0 Å². The summed E-state index contributed by atoms with van der Waals surface area (Å²) in [6.07, 6.45) is 5.43. The number of rotatable bonds is 1. The predicted molar refractivity (Wildman–Crippen MR) is 65.4 cm³/mol. The van der Waals surface area contributed by atoms with Gasteiger partial charge in [-0.25, -0.2) is 0 Å². The average molecular weight is 238 g/mol. The first-order chi connectivity index (χ1) is 8.16. The van der Waals surface area contributed by atoms with Gasteiger partial charge in [-0.3, -0.25) is 9.59 Å². The van der Waals surface area contributed by atoms with Crippen molar-refractivity contribution in [3.05, 3.63) is 0 Å². The van der Waals surface area contributed by atoms with Gasteiger partial charge in [-0.15, -0.1) is 0 Å². The molecule has 0 unspecified atom stereocenters. The van der Waals surface area contributed by atoms with Gasteiger partial charge in [0, 0.05) is 19.5 Å². The number of hydrogen-bond donors (Lipinski definition) is 1. The Balaban J connectivity index is 1.91. The van der Waals surface area contributed by atoms with Crippen LogP contribution in [0.25, 0.3) is 0 Å². The first kappa shape index (κ1) is 12.4. The number of likely N-dealkylation sites (tertiary alicyclic amines) is 1. The summed E-state index contributed by atoms with van der Waals surface area (Å²) < 4.78 is 0. The SMILES string of the molecule is CC1CCN(C(=O)[C@@H]2CCCCC(=O)N2)CC1. The van der Waals surface area contributed by atoms with Crippen molar-refractivity contribution >= 4 is 11.8 Å². The standard InChI is InChI=1S/C13H22N2O2/c1-10-6-8-15(9-7-10)13(17)11-4-2-3-5-12(16)14-11/h10-11H,2-9H2,1H3,(H,14,16)/t11-/m0/s1. The summed E-state index contributed by atoms with van der Waals surface area (Å²) in [5, 5.41) is 2.86. The third-order valence-corrected chi connectivity index (χ3v) is 3.88. The smallest absolute Gasteiger partial charge is 0.245 e. The number of nitrogens with one attached hydrogen (secondary N) is 1. The van der Waals surface area contributed by atoms with Crippen molar-refractivity contribution in [2.45, 2.75) is 51.5 Å². The van der Waals surface area contributed by atoms with Crippen molar-refractivity contribution in [1.82, 2.24) is 10.2 Å². The van der Waals surface area contributed by atoms with Crippen molar-refractivity contribution in [1.29, 1.82) is 0 Å². The van der Waals surface area contributed by atoms with Crippen molar-refractivity contribution < 1.29 is 9.59 Å². The largest absolute Gasteiger partial charge is 0.344 e. The van der Waals surface area contributed by atoms with E-state index in [9.17, 15) is 9.59 Å². The zero-order chi connectivity index (χ0) is 12.3. The van der Waals surface area contributed by atoms with E-state index in [1.54, 1.807) is 0 Å². The Bertz CT molecular complexity index is 296. The Labute approximate surface area is 103 Å². The highest BCUT2D eigenvalue weighted by molar-refractivity contribution is 5.88. The van der Waals surface area contributed by atoms with Gasteiger partial charge in [0.2, 0.25) is 11.8 Å². The van der Waals surface area contributed by atoms with Crippen LogP contribution in [0.1, 0.15) is 45.4 Å². The minimum absolute atomic E-state index is 0.0335. The highest BCUT2D eigenvalue weighted by Gasteiger charge is 2.29. The third kappa shape index (κ3) is 3.20. The molecule has 2 rings (SSSR count). The molecule has 1 atom stereocenters. The van der Waals surface area contributed by atoms with Gasteiger partial charge in [-0.1, -0.05) is 13.3 Å². The fourth-order valence-corrected chi connectivity index (χ4v) is 2.61. The Morgan fingerprint density at radius 3 is 2.65 bits per heavy atom. The van der Waals surface area contributed by atoms with Crippen LogP contribution in [-0.4, -0.2) is 35.8 Å². The van der Waals surface area contributed by atoms with E-state index in [2.05, 4.69) is 12.2 Å². The van der Waals surface area contributed by atoms with Gasteiger partial charge < -0.3 is 10.2 Å². The Morgan fingerprint density at radius 1 is 1.24 bits per heavy atom. The van der Waals surface area contributed by atoms with Crippen molar-refractivity contribution in [3.63, 3.8) is 0 Å². The lowest BCUT2D eigenvalue weighted by molar-refractivity contribution is -0.137. The molecule has 1 N–H and O–H groups in total. The first-order valence-corrected chi connectivity index (χ1v) is 6.75. The second-order valence-corrected chi connectivity index (χ2v) is 5.37. The van der Waals surface area contributed by atoms with Crippen LogP contribution in [0.2, 0.25) is 0 Å². The summed E-state index contributed by atoms with van der Waals surface area (Å²) >= 11 is 0. The molecule has 2 amide bonds. The summed E-state index contributed by atoms with van der Waals surface area (Å²) in [5.41, 5.74) is 0. The quantitative estimate of drug-likeness (QED) is 0.748. The molecule has 2 fully saturated rings. The molecule has 2 saturated heterocycles. The molecule has 0 bridgehead atoms. The second kappa shape index (κ2) is 5.52. The monoisotopic (exact) mass is 238 g/mol. The Kier molecular flexibility index (Phi) is 4.02. The van der Waals surface area contributed by atoms with Crippen LogP contribution < -0.4 is 5.32 Å². The minimum atomic E-state index is -0.265. The van der Waals surface area contributed by atoms with Gasteiger partial charge in [0.05, 0.1) is 0 Å². The fraction of sp³-hybridized carbons (Fsp3) is 0.846. The molecule has 0 spiro atoms. The highest BCUT2D eigenvalue weighted by atomic mass is 16.2. The molecule has 4 heteroatoms. The zero-order valence-corrected chi connectivity index (χ0v) is 10.6. The molecule has 0 saturated carbocycles. The summed E-state index contributed by atoms with van der Waals surface area (Å²) in [5.74, 6) is 0.890. The molecule has 2 heterocycles. The molecular weight excluding hydrogens is 216 g/mol. The van der Waals surface area contributed by atoms with Gasteiger partial charge in [0.25, 0.3) is 0 Å². The molecule has 2 aliphatic heterocycles. The molecule has 2 aliphatic rings. The van der Waals surface area contributed by atoms with E-state index in [-0.39, 0.29) is 17.9 Å². The number of carbonyl (C=O) groups is 2. The van der Waals surface area contributed by atoms with Gasteiger partial charge in [0.1, 0.15) is 6.04 Å². The van der Waals surface area contributed by atoms with Gasteiger partial charge in [-0.05, 0) is 31.6 Å².